The monoisotopic (exact) mass is 170 g/mol. The van der Waals surface area contributed by atoms with Crippen LogP contribution in [-0.2, 0) is 13.5 Å². The Balaban J connectivity index is 3.39. The van der Waals surface area contributed by atoms with E-state index in [1.807, 2.05) is 0 Å². The summed E-state index contributed by atoms with van der Waals surface area (Å²) < 4.78 is 1.31. The van der Waals surface area contributed by atoms with Crippen LogP contribution in [0.3, 0.4) is 0 Å². The number of hydrogen-bond donors (Lipinski definition) is 2. The summed E-state index contributed by atoms with van der Waals surface area (Å²) in [7, 11) is 1.55. The minimum absolute atomic E-state index is 0.00926. The SMILES string of the molecule is CCc1c(C(=O)O)[nH]c(=O)n1C. The van der Waals surface area contributed by atoms with Crippen molar-refractivity contribution in [3.63, 3.8) is 0 Å². The van der Waals surface area contributed by atoms with Crippen molar-refractivity contribution < 1.29 is 9.90 Å². The second kappa shape index (κ2) is 2.84. The Morgan fingerprint density at radius 1 is 1.67 bits per heavy atom. The molecule has 0 saturated carbocycles. The Labute approximate surface area is 68.6 Å². The molecule has 5 heteroatoms. The van der Waals surface area contributed by atoms with Crippen molar-refractivity contribution in [2.24, 2.45) is 7.05 Å². The van der Waals surface area contributed by atoms with Gasteiger partial charge in [-0.25, -0.2) is 9.59 Å². The maximum absolute atomic E-state index is 11.0. The minimum Gasteiger partial charge on any atom is -0.477 e. The van der Waals surface area contributed by atoms with Crippen LogP contribution in [0.1, 0.15) is 23.1 Å². The quantitative estimate of drug-likeness (QED) is 0.654. The van der Waals surface area contributed by atoms with Gasteiger partial charge in [0, 0.05) is 7.05 Å². The van der Waals surface area contributed by atoms with E-state index in [-0.39, 0.29) is 11.4 Å². The second-order valence-electron chi connectivity index (χ2n) is 2.47. The van der Waals surface area contributed by atoms with Gasteiger partial charge in [0.2, 0.25) is 0 Å². The first-order chi connectivity index (χ1) is 5.57. The van der Waals surface area contributed by atoms with Crippen LogP contribution in [0.2, 0.25) is 0 Å². The van der Waals surface area contributed by atoms with Gasteiger partial charge in [-0.1, -0.05) is 6.92 Å². The van der Waals surface area contributed by atoms with Gasteiger partial charge in [-0.15, -0.1) is 0 Å². The van der Waals surface area contributed by atoms with Crippen LogP contribution < -0.4 is 5.69 Å². The van der Waals surface area contributed by atoms with Crippen LogP contribution >= 0.6 is 0 Å². The standard InChI is InChI=1S/C7H10N2O3/c1-3-4-5(6(10)11)8-7(12)9(4)2/h3H2,1-2H3,(H,8,12)(H,10,11). The number of nitrogens with zero attached hydrogens (tertiary/aromatic N) is 1. The van der Waals surface area contributed by atoms with Gasteiger partial charge in [0.15, 0.2) is 0 Å². The number of imidazole rings is 1. The maximum atomic E-state index is 11.0. The molecule has 0 fully saturated rings. The molecule has 1 aromatic heterocycles. The highest BCUT2D eigenvalue weighted by molar-refractivity contribution is 5.86. The lowest BCUT2D eigenvalue weighted by molar-refractivity contribution is 0.0689. The Hall–Kier alpha value is -1.52. The van der Waals surface area contributed by atoms with Crippen molar-refractivity contribution in [1.29, 1.82) is 0 Å². The molecule has 0 aliphatic carbocycles. The first-order valence-electron chi connectivity index (χ1n) is 3.59. The number of aromatic nitrogens is 2. The maximum Gasteiger partial charge on any atom is 0.354 e. The normalized spacial score (nSPS) is 10.2. The van der Waals surface area contributed by atoms with Crippen LogP contribution in [0, 0.1) is 0 Å². The summed E-state index contributed by atoms with van der Waals surface area (Å²) in [6, 6.07) is 0. The van der Waals surface area contributed by atoms with E-state index in [0.29, 0.717) is 12.1 Å². The molecule has 1 rings (SSSR count). The number of H-pyrrole nitrogens is 1. The third-order valence-corrected chi connectivity index (χ3v) is 1.78. The molecule has 1 heterocycles. The number of aromatic amines is 1. The van der Waals surface area contributed by atoms with Gasteiger partial charge >= 0.3 is 11.7 Å². The lowest BCUT2D eigenvalue weighted by Gasteiger charge is -1.97. The summed E-state index contributed by atoms with van der Waals surface area (Å²) in [4.78, 5) is 23.8. The summed E-state index contributed by atoms with van der Waals surface area (Å²) in [5.74, 6) is -1.09. The van der Waals surface area contributed by atoms with Gasteiger partial charge in [-0.2, -0.15) is 0 Å². The van der Waals surface area contributed by atoms with Crippen molar-refractivity contribution >= 4 is 5.97 Å². The van der Waals surface area contributed by atoms with Crippen LogP contribution in [0.4, 0.5) is 0 Å². The average Bonchev–Trinajstić information content (AvgIpc) is 2.29. The van der Waals surface area contributed by atoms with E-state index >= 15 is 0 Å². The number of aromatic carboxylic acids is 1. The molecule has 0 unspecified atom stereocenters. The summed E-state index contributed by atoms with van der Waals surface area (Å²) in [6.07, 6.45) is 0.525. The van der Waals surface area contributed by atoms with E-state index in [1.165, 1.54) is 4.57 Å². The third-order valence-electron chi connectivity index (χ3n) is 1.78. The molecule has 1 aromatic rings. The molecule has 2 N–H and O–H groups in total. The highest BCUT2D eigenvalue weighted by atomic mass is 16.4. The van der Waals surface area contributed by atoms with E-state index in [0.717, 1.165) is 0 Å². The highest BCUT2D eigenvalue weighted by Gasteiger charge is 2.14. The number of rotatable bonds is 2. The van der Waals surface area contributed by atoms with Gasteiger partial charge in [-0.05, 0) is 6.42 Å². The molecule has 0 aliphatic heterocycles. The number of nitrogens with one attached hydrogen (secondary N) is 1. The molecule has 12 heavy (non-hydrogen) atoms. The van der Waals surface area contributed by atoms with Gasteiger partial charge in [0.05, 0.1) is 5.69 Å². The number of hydrogen-bond acceptors (Lipinski definition) is 2. The summed E-state index contributed by atoms with van der Waals surface area (Å²) in [5.41, 5.74) is 0.127. The van der Waals surface area contributed by atoms with Gasteiger partial charge in [-0.3, -0.25) is 9.55 Å². The van der Waals surface area contributed by atoms with Crippen LogP contribution in [0.15, 0.2) is 4.79 Å². The van der Waals surface area contributed by atoms with Crippen molar-refractivity contribution in [2.75, 3.05) is 0 Å². The molecule has 0 atom stereocenters. The fraction of sp³-hybridized carbons (Fsp3) is 0.429. The Morgan fingerprint density at radius 3 is 2.58 bits per heavy atom. The molecule has 0 radical (unpaired) electrons. The Morgan fingerprint density at radius 2 is 2.25 bits per heavy atom. The molecular formula is C7H10N2O3. The fourth-order valence-corrected chi connectivity index (χ4v) is 1.14. The smallest absolute Gasteiger partial charge is 0.354 e. The summed E-state index contributed by atoms with van der Waals surface area (Å²) in [5, 5.41) is 8.65. The Kier molecular flexibility index (Phi) is 2.03. The van der Waals surface area contributed by atoms with Gasteiger partial charge in [0.25, 0.3) is 0 Å². The molecule has 0 bridgehead atoms. The van der Waals surface area contributed by atoms with Gasteiger partial charge in [0.1, 0.15) is 5.69 Å². The van der Waals surface area contributed by atoms with E-state index in [4.69, 9.17) is 5.11 Å². The highest BCUT2D eigenvalue weighted by Crippen LogP contribution is 2.02. The molecule has 0 aliphatic rings. The van der Waals surface area contributed by atoms with Crippen molar-refractivity contribution in [2.45, 2.75) is 13.3 Å². The molecule has 5 nitrogen and oxygen atoms in total. The molecule has 0 amide bonds. The molecule has 0 aromatic carbocycles. The van der Waals surface area contributed by atoms with E-state index < -0.39 is 5.97 Å². The second-order valence-corrected chi connectivity index (χ2v) is 2.47. The van der Waals surface area contributed by atoms with E-state index in [1.54, 1.807) is 14.0 Å². The number of carbonyl (C=O) groups is 1. The zero-order valence-electron chi connectivity index (χ0n) is 6.92. The summed E-state index contributed by atoms with van der Waals surface area (Å²) >= 11 is 0. The molecule has 0 saturated heterocycles. The van der Waals surface area contributed by atoms with Crippen LogP contribution in [0.25, 0.3) is 0 Å². The van der Waals surface area contributed by atoms with Crippen molar-refractivity contribution in [3.05, 3.63) is 21.9 Å². The summed E-state index contributed by atoms with van der Waals surface area (Å²) in [6.45, 7) is 1.80. The van der Waals surface area contributed by atoms with Crippen LogP contribution in [0.5, 0.6) is 0 Å². The Bertz CT molecular complexity index is 361. The van der Waals surface area contributed by atoms with Gasteiger partial charge < -0.3 is 5.11 Å². The van der Waals surface area contributed by atoms with E-state index in [2.05, 4.69) is 4.98 Å². The van der Waals surface area contributed by atoms with E-state index in [9.17, 15) is 9.59 Å². The molecular weight excluding hydrogens is 160 g/mol. The molecule has 66 valence electrons. The zero-order chi connectivity index (χ0) is 9.30. The number of carboxylic acids is 1. The predicted molar refractivity (Wildman–Crippen MR) is 42.4 cm³/mol. The minimum atomic E-state index is -1.09. The van der Waals surface area contributed by atoms with Crippen LogP contribution in [-0.4, -0.2) is 20.6 Å². The third kappa shape index (κ3) is 1.13. The van der Waals surface area contributed by atoms with Crippen molar-refractivity contribution in [3.8, 4) is 0 Å². The lowest BCUT2D eigenvalue weighted by Crippen LogP contribution is -2.13. The number of carboxylic acid groups (broad SMARTS) is 1. The predicted octanol–water partition coefficient (Wildman–Crippen LogP) is -0.0260. The first kappa shape index (κ1) is 8.58. The zero-order valence-corrected chi connectivity index (χ0v) is 6.92. The largest absolute Gasteiger partial charge is 0.477 e. The lowest BCUT2D eigenvalue weighted by atomic mass is 10.2. The molecule has 0 spiro atoms. The fourth-order valence-electron chi connectivity index (χ4n) is 1.14. The topological polar surface area (TPSA) is 75.1 Å². The first-order valence-corrected chi connectivity index (χ1v) is 3.59. The van der Waals surface area contributed by atoms with Crippen molar-refractivity contribution in [1.82, 2.24) is 9.55 Å². The average molecular weight is 170 g/mol.